The largest absolute Gasteiger partial charge is 0.348 e. The summed E-state index contributed by atoms with van der Waals surface area (Å²) in [5.74, 6) is -0.698. The Bertz CT molecular complexity index is 984. The molecule has 1 aliphatic rings. The molecule has 0 atom stereocenters. The summed E-state index contributed by atoms with van der Waals surface area (Å²) in [6.07, 6.45) is 2.87. The molecule has 0 bridgehead atoms. The predicted octanol–water partition coefficient (Wildman–Crippen LogP) is 0.897. The minimum absolute atomic E-state index is 0.109. The van der Waals surface area contributed by atoms with E-state index in [1.165, 1.54) is 12.1 Å². The minimum Gasteiger partial charge on any atom is -0.348 e. The number of sulfone groups is 1. The molecule has 1 aliphatic heterocycles. The van der Waals surface area contributed by atoms with Gasteiger partial charge in [-0.2, -0.15) is 0 Å². The second kappa shape index (κ2) is 9.15. The first-order valence-corrected chi connectivity index (χ1v) is 11.3. The van der Waals surface area contributed by atoms with Crippen molar-refractivity contribution in [2.75, 3.05) is 19.3 Å². The van der Waals surface area contributed by atoms with Crippen molar-refractivity contribution in [2.24, 2.45) is 0 Å². The zero-order chi connectivity index (χ0) is 20.9. The van der Waals surface area contributed by atoms with Crippen LogP contribution in [0.5, 0.6) is 0 Å². The van der Waals surface area contributed by atoms with Crippen LogP contribution >= 0.6 is 0 Å². The summed E-state index contributed by atoms with van der Waals surface area (Å²) in [6, 6.07) is 11.2. The molecule has 1 fully saturated rings. The summed E-state index contributed by atoms with van der Waals surface area (Å²) < 4.78 is 23.0. The number of aromatic nitrogens is 1. The zero-order valence-electron chi connectivity index (χ0n) is 16.1. The second-order valence-electron chi connectivity index (χ2n) is 7.00. The van der Waals surface area contributed by atoms with Gasteiger partial charge in [-0.1, -0.05) is 18.2 Å². The molecular formula is C20H24N4O4S. The Balaban J connectivity index is 1.59. The lowest BCUT2D eigenvalue weighted by molar-refractivity contribution is 0.0923. The van der Waals surface area contributed by atoms with Crippen LogP contribution in [0.25, 0.3) is 0 Å². The Morgan fingerprint density at radius 2 is 1.66 bits per heavy atom. The van der Waals surface area contributed by atoms with Crippen LogP contribution in [0.3, 0.4) is 0 Å². The van der Waals surface area contributed by atoms with Gasteiger partial charge in [0.05, 0.1) is 4.90 Å². The van der Waals surface area contributed by atoms with E-state index in [0.29, 0.717) is 0 Å². The predicted molar refractivity (Wildman–Crippen MR) is 108 cm³/mol. The average Bonchev–Trinajstić information content (AvgIpc) is 2.72. The number of hydrogen-bond acceptors (Lipinski definition) is 6. The summed E-state index contributed by atoms with van der Waals surface area (Å²) in [6.45, 7) is 1.95. The first-order valence-electron chi connectivity index (χ1n) is 9.39. The van der Waals surface area contributed by atoms with Crippen LogP contribution in [-0.2, 0) is 16.4 Å². The number of hydrogen-bond donors (Lipinski definition) is 3. The highest BCUT2D eigenvalue weighted by atomic mass is 32.2. The second-order valence-corrected chi connectivity index (χ2v) is 9.02. The normalized spacial score (nSPS) is 14.9. The molecule has 0 radical (unpaired) electrons. The van der Waals surface area contributed by atoms with Gasteiger partial charge in [0, 0.05) is 18.8 Å². The van der Waals surface area contributed by atoms with Gasteiger partial charge < -0.3 is 16.0 Å². The molecule has 0 aliphatic carbocycles. The van der Waals surface area contributed by atoms with Crippen LogP contribution in [0, 0.1) is 0 Å². The van der Waals surface area contributed by atoms with Crippen LogP contribution in [0.2, 0.25) is 0 Å². The molecule has 3 N–H and O–H groups in total. The Kier molecular flexibility index (Phi) is 6.60. The van der Waals surface area contributed by atoms with Crippen molar-refractivity contribution in [3.05, 3.63) is 59.4 Å². The van der Waals surface area contributed by atoms with E-state index in [2.05, 4.69) is 20.9 Å². The SMILES string of the molecule is CS(=O)(=O)c1ccc(CNC(=O)c2cccc(C(=O)NC3CCNCC3)n2)cc1. The van der Waals surface area contributed by atoms with Gasteiger partial charge in [-0.15, -0.1) is 0 Å². The van der Waals surface area contributed by atoms with Crippen molar-refractivity contribution in [1.82, 2.24) is 20.9 Å². The molecule has 9 heteroatoms. The molecular weight excluding hydrogens is 392 g/mol. The molecule has 154 valence electrons. The van der Waals surface area contributed by atoms with Crippen molar-refractivity contribution in [3.63, 3.8) is 0 Å². The summed E-state index contributed by atoms with van der Waals surface area (Å²) in [7, 11) is -3.26. The lowest BCUT2D eigenvalue weighted by atomic mass is 10.1. The Labute approximate surface area is 170 Å². The van der Waals surface area contributed by atoms with E-state index >= 15 is 0 Å². The van der Waals surface area contributed by atoms with Gasteiger partial charge in [0.2, 0.25) is 0 Å². The standard InChI is InChI=1S/C20H24N4O4S/c1-29(27,28)16-7-5-14(6-8-16)13-22-19(25)17-3-2-4-18(24-17)20(26)23-15-9-11-21-12-10-15/h2-8,15,21H,9-13H2,1H3,(H,22,25)(H,23,26). The van der Waals surface area contributed by atoms with Crippen molar-refractivity contribution in [3.8, 4) is 0 Å². The van der Waals surface area contributed by atoms with E-state index in [9.17, 15) is 18.0 Å². The number of rotatable bonds is 6. The molecule has 0 unspecified atom stereocenters. The van der Waals surface area contributed by atoms with Crippen LogP contribution in [0.15, 0.2) is 47.4 Å². The summed E-state index contributed by atoms with van der Waals surface area (Å²) >= 11 is 0. The van der Waals surface area contributed by atoms with Gasteiger partial charge in [0.25, 0.3) is 11.8 Å². The lowest BCUT2D eigenvalue weighted by Gasteiger charge is -2.23. The molecule has 2 amide bonds. The van der Waals surface area contributed by atoms with Gasteiger partial charge in [-0.25, -0.2) is 13.4 Å². The smallest absolute Gasteiger partial charge is 0.270 e. The van der Waals surface area contributed by atoms with Gasteiger partial charge in [-0.3, -0.25) is 9.59 Å². The molecule has 1 aromatic heterocycles. The topological polar surface area (TPSA) is 117 Å². The third-order valence-electron chi connectivity index (χ3n) is 4.69. The quantitative estimate of drug-likeness (QED) is 0.644. The number of carbonyl (C=O) groups is 2. The number of nitrogens with one attached hydrogen (secondary N) is 3. The lowest BCUT2D eigenvalue weighted by Crippen LogP contribution is -2.43. The molecule has 3 rings (SSSR count). The van der Waals surface area contributed by atoms with E-state index < -0.39 is 15.7 Å². The van der Waals surface area contributed by atoms with Crippen molar-refractivity contribution in [1.29, 1.82) is 0 Å². The Morgan fingerprint density at radius 1 is 1.03 bits per heavy atom. The highest BCUT2D eigenvalue weighted by molar-refractivity contribution is 7.90. The maximum Gasteiger partial charge on any atom is 0.270 e. The summed E-state index contributed by atoms with van der Waals surface area (Å²) in [5, 5.41) is 8.92. The molecule has 2 heterocycles. The molecule has 0 saturated carbocycles. The van der Waals surface area contributed by atoms with Crippen molar-refractivity contribution in [2.45, 2.75) is 30.3 Å². The molecule has 29 heavy (non-hydrogen) atoms. The van der Waals surface area contributed by atoms with Gasteiger partial charge in [0.15, 0.2) is 9.84 Å². The fourth-order valence-electron chi connectivity index (χ4n) is 3.04. The molecule has 1 aromatic carbocycles. The average molecular weight is 417 g/mol. The van der Waals surface area contributed by atoms with Gasteiger partial charge in [-0.05, 0) is 55.8 Å². The highest BCUT2D eigenvalue weighted by Gasteiger charge is 2.18. The third kappa shape index (κ3) is 5.85. The number of piperidine rings is 1. The van der Waals surface area contributed by atoms with E-state index in [1.54, 1.807) is 30.3 Å². The molecule has 0 spiro atoms. The Hall–Kier alpha value is -2.78. The number of carbonyl (C=O) groups excluding carboxylic acids is 2. The summed E-state index contributed by atoms with van der Waals surface area (Å²) in [4.78, 5) is 29.2. The first kappa shape index (κ1) is 20.9. The molecule has 1 saturated heterocycles. The van der Waals surface area contributed by atoms with Crippen LogP contribution in [0.1, 0.15) is 39.4 Å². The zero-order valence-corrected chi connectivity index (χ0v) is 17.0. The monoisotopic (exact) mass is 416 g/mol. The molecule has 2 aromatic rings. The highest BCUT2D eigenvalue weighted by Crippen LogP contribution is 2.10. The van der Waals surface area contributed by atoms with E-state index in [0.717, 1.165) is 37.8 Å². The first-order chi connectivity index (χ1) is 13.8. The Morgan fingerprint density at radius 3 is 2.28 bits per heavy atom. The van der Waals surface area contributed by atoms with Crippen LogP contribution in [0.4, 0.5) is 0 Å². The van der Waals surface area contributed by atoms with Crippen molar-refractivity contribution < 1.29 is 18.0 Å². The minimum atomic E-state index is -3.26. The van der Waals surface area contributed by atoms with Crippen molar-refractivity contribution >= 4 is 21.7 Å². The van der Waals surface area contributed by atoms with E-state index in [-0.39, 0.29) is 34.8 Å². The maximum atomic E-state index is 12.4. The number of pyridine rings is 1. The fourth-order valence-corrected chi connectivity index (χ4v) is 3.67. The van der Waals surface area contributed by atoms with Crippen LogP contribution in [-0.4, -0.2) is 50.6 Å². The van der Waals surface area contributed by atoms with E-state index in [4.69, 9.17) is 0 Å². The van der Waals surface area contributed by atoms with Gasteiger partial charge in [0.1, 0.15) is 11.4 Å². The number of amides is 2. The third-order valence-corrected chi connectivity index (χ3v) is 5.82. The van der Waals surface area contributed by atoms with Crippen LogP contribution < -0.4 is 16.0 Å². The number of benzene rings is 1. The summed E-state index contributed by atoms with van der Waals surface area (Å²) in [5.41, 5.74) is 1.11. The molecule has 8 nitrogen and oxygen atoms in total. The number of nitrogens with zero attached hydrogens (tertiary/aromatic N) is 1. The van der Waals surface area contributed by atoms with E-state index in [1.807, 2.05) is 0 Å². The maximum absolute atomic E-state index is 12.4. The fraction of sp³-hybridized carbons (Fsp3) is 0.350. The van der Waals surface area contributed by atoms with Gasteiger partial charge >= 0.3 is 0 Å².